The Labute approximate surface area is 123 Å². The predicted octanol–water partition coefficient (Wildman–Crippen LogP) is 1.67. The fraction of sp³-hybridized carbons (Fsp3) is 0.467. The van der Waals surface area contributed by atoms with Crippen molar-refractivity contribution in [2.75, 3.05) is 13.1 Å². The van der Waals surface area contributed by atoms with Crippen molar-refractivity contribution in [2.24, 2.45) is 5.92 Å². The first-order valence-electron chi connectivity index (χ1n) is 7.28. The summed E-state index contributed by atoms with van der Waals surface area (Å²) < 4.78 is 0. The minimum Gasteiger partial charge on any atom is -0.343 e. The van der Waals surface area contributed by atoms with Gasteiger partial charge in [0.2, 0.25) is 5.91 Å². The zero-order valence-corrected chi connectivity index (χ0v) is 12.1. The summed E-state index contributed by atoms with van der Waals surface area (Å²) in [5, 5.41) is 6.86. The van der Waals surface area contributed by atoms with Gasteiger partial charge in [0.15, 0.2) is 0 Å². The molecular weight excluding hydrogens is 266 g/mol. The standard InChI is InChI=1S/C15H19N5O/c1-11(21)20-6-3-12(4-7-20)8-13-9-15(17-10-16-13)14-2-5-18-19-14/h2,5,9-10,12H,3-4,6-8H2,1H3,(H,18,19). The zero-order chi connectivity index (χ0) is 14.7. The van der Waals surface area contributed by atoms with Gasteiger partial charge in [0, 0.05) is 31.9 Å². The first-order valence-corrected chi connectivity index (χ1v) is 7.28. The number of amides is 1. The average Bonchev–Trinajstić information content (AvgIpc) is 3.02. The van der Waals surface area contributed by atoms with Gasteiger partial charge < -0.3 is 4.90 Å². The lowest BCUT2D eigenvalue weighted by molar-refractivity contribution is -0.130. The van der Waals surface area contributed by atoms with E-state index in [9.17, 15) is 4.79 Å². The number of rotatable bonds is 3. The van der Waals surface area contributed by atoms with E-state index in [0.717, 1.165) is 49.4 Å². The Morgan fingerprint density at radius 3 is 2.86 bits per heavy atom. The number of piperidine rings is 1. The zero-order valence-electron chi connectivity index (χ0n) is 12.1. The lowest BCUT2D eigenvalue weighted by Crippen LogP contribution is -2.37. The third-order valence-electron chi connectivity index (χ3n) is 4.06. The number of carbonyl (C=O) groups is 1. The topological polar surface area (TPSA) is 74.8 Å². The van der Waals surface area contributed by atoms with Gasteiger partial charge in [-0.1, -0.05) is 0 Å². The fourth-order valence-electron chi connectivity index (χ4n) is 2.80. The molecule has 1 aliphatic heterocycles. The number of aromatic amines is 1. The first-order chi connectivity index (χ1) is 10.2. The third-order valence-corrected chi connectivity index (χ3v) is 4.06. The van der Waals surface area contributed by atoms with Gasteiger partial charge in [-0.3, -0.25) is 9.89 Å². The first kappa shape index (κ1) is 13.7. The van der Waals surface area contributed by atoms with E-state index in [1.54, 1.807) is 19.4 Å². The van der Waals surface area contributed by atoms with Crippen molar-refractivity contribution >= 4 is 5.91 Å². The molecule has 2 aromatic rings. The molecule has 110 valence electrons. The second kappa shape index (κ2) is 6.03. The SMILES string of the molecule is CC(=O)N1CCC(Cc2cc(-c3ccn[nH]3)ncn2)CC1. The molecule has 3 heterocycles. The van der Waals surface area contributed by atoms with Crippen LogP contribution in [0.2, 0.25) is 0 Å². The molecule has 0 aromatic carbocycles. The molecule has 1 fully saturated rings. The summed E-state index contributed by atoms with van der Waals surface area (Å²) in [6.45, 7) is 3.36. The highest BCUT2D eigenvalue weighted by atomic mass is 16.2. The van der Waals surface area contributed by atoms with Crippen LogP contribution in [0.25, 0.3) is 11.4 Å². The summed E-state index contributed by atoms with van der Waals surface area (Å²) in [7, 11) is 0. The molecule has 0 aliphatic carbocycles. The van der Waals surface area contributed by atoms with Crippen molar-refractivity contribution in [3.8, 4) is 11.4 Å². The molecule has 0 saturated carbocycles. The van der Waals surface area contributed by atoms with E-state index < -0.39 is 0 Å². The van der Waals surface area contributed by atoms with Crippen LogP contribution in [0, 0.1) is 5.92 Å². The molecule has 1 N–H and O–H groups in total. The second-order valence-corrected chi connectivity index (χ2v) is 5.52. The highest BCUT2D eigenvalue weighted by molar-refractivity contribution is 5.73. The molecule has 6 heteroatoms. The van der Waals surface area contributed by atoms with Crippen LogP contribution in [0.1, 0.15) is 25.5 Å². The molecule has 1 amide bonds. The van der Waals surface area contributed by atoms with Crippen LogP contribution >= 0.6 is 0 Å². The van der Waals surface area contributed by atoms with Crippen LogP contribution in [0.5, 0.6) is 0 Å². The van der Waals surface area contributed by atoms with Crippen molar-refractivity contribution in [2.45, 2.75) is 26.2 Å². The van der Waals surface area contributed by atoms with Gasteiger partial charge in [0.05, 0.1) is 11.4 Å². The van der Waals surface area contributed by atoms with Gasteiger partial charge in [0.1, 0.15) is 6.33 Å². The summed E-state index contributed by atoms with van der Waals surface area (Å²) in [4.78, 5) is 21.9. The fourth-order valence-corrected chi connectivity index (χ4v) is 2.80. The molecule has 21 heavy (non-hydrogen) atoms. The Balaban J connectivity index is 1.64. The van der Waals surface area contributed by atoms with Crippen LogP contribution in [-0.2, 0) is 11.2 Å². The van der Waals surface area contributed by atoms with Gasteiger partial charge in [0.25, 0.3) is 0 Å². The Morgan fingerprint density at radius 2 is 2.19 bits per heavy atom. The summed E-state index contributed by atoms with van der Waals surface area (Å²) in [6, 6.07) is 3.92. The number of aromatic nitrogens is 4. The Kier molecular flexibility index (Phi) is 3.94. The lowest BCUT2D eigenvalue weighted by atomic mass is 9.92. The maximum Gasteiger partial charge on any atom is 0.219 e. The average molecular weight is 285 g/mol. The summed E-state index contributed by atoms with van der Waals surface area (Å²) in [5.74, 6) is 0.766. The Bertz CT molecular complexity index is 602. The monoisotopic (exact) mass is 285 g/mol. The van der Waals surface area contributed by atoms with E-state index in [2.05, 4.69) is 20.2 Å². The molecular formula is C15H19N5O. The van der Waals surface area contributed by atoms with E-state index in [-0.39, 0.29) is 5.91 Å². The molecule has 0 spiro atoms. The van der Waals surface area contributed by atoms with Crippen LogP contribution in [0.4, 0.5) is 0 Å². The molecule has 0 atom stereocenters. The van der Waals surface area contributed by atoms with Gasteiger partial charge in [-0.15, -0.1) is 0 Å². The van der Waals surface area contributed by atoms with Crippen molar-refractivity contribution in [3.63, 3.8) is 0 Å². The van der Waals surface area contributed by atoms with Gasteiger partial charge in [-0.05, 0) is 37.3 Å². The van der Waals surface area contributed by atoms with E-state index in [1.165, 1.54) is 0 Å². The molecule has 0 radical (unpaired) electrons. The number of nitrogens with one attached hydrogen (secondary N) is 1. The van der Waals surface area contributed by atoms with Gasteiger partial charge in [-0.2, -0.15) is 5.10 Å². The molecule has 3 rings (SSSR count). The minimum absolute atomic E-state index is 0.178. The molecule has 2 aromatic heterocycles. The third kappa shape index (κ3) is 3.26. The van der Waals surface area contributed by atoms with Crippen molar-refractivity contribution in [3.05, 3.63) is 30.4 Å². The molecule has 6 nitrogen and oxygen atoms in total. The summed E-state index contributed by atoms with van der Waals surface area (Å²) in [5.41, 5.74) is 2.83. The van der Waals surface area contributed by atoms with E-state index in [1.807, 2.05) is 17.0 Å². The van der Waals surface area contributed by atoms with Crippen LogP contribution in [0.15, 0.2) is 24.7 Å². The number of likely N-dealkylation sites (tertiary alicyclic amines) is 1. The van der Waals surface area contributed by atoms with Crippen molar-refractivity contribution in [1.82, 2.24) is 25.1 Å². The Morgan fingerprint density at radius 1 is 1.38 bits per heavy atom. The second-order valence-electron chi connectivity index (χ2n) is 5.52. The van der Waals surface area contributed by atoms with E-state index in [4.69, 9.17) is 0 Å². The lowest BCUT2D eigenvalue weighted by Gasteiger charge is -2.31. The summed E-state index contributed by atoms with van der Waals surface area (Å²) >= 11 is 0. The molecule has 1 aliphatic rings. The molecule has 1 saturated heterocycles. The normalized spacial score (nSPS) is 16.1. The number of hydrogen-bond acceptors (Lipinski definition) is 4. The number of nitrogens with zero attached hydrogens (tertiary/aromatic N) is 4. The van der Waals surface area contributed by atoms with Gasteiger partial charge >= 0.3 is 0 Å². The predicted molar refractivity (Wildman–Crippen MR) is 78.3 cm³/mol. The number of carbonyl (C=O) groups excluding carboxylic acids is 1. The minimum atomic E-state index is 0.178. The maximum atomic E-state index is 11.3. The molecule has 0 bridgehead atoms. The van der Waals surface area contributed by atoms with Gasteiger partial charge in [-0.25, -0.2) is 9.97 Å². The molecule has 0 unspecified atom stereocenters. The van der Waals surface area contributed by atoms with Crippen LogP contribution in [-0.4, -0.2) is 44.1 Å². The number of H-pyrrole nitrogens is 1. The Hall–Kier alpha value is -2.24. The quantitative estimate of drug-likeness (QED) is 0.930. The summed E-state index contributed by atoms with van der Waals surface area (Å²) in [6.07, 6.45) is 6.35. The van der Waals surface area contributed by atoms with E-state index >= 15 is 0 Å². The van der Waals surface area contributed by atoms with Crippen LogP contribution < -0.4 is 0 Å². The number of hydrogen-bond donors (Lipinski definition) is 1. The largest absolute Gasteiger partial charge is 0.343 e. The smallest absolute Gasteiger partial charge is 0.219 e. The van der Waals surface area contributed by atoms with Crippen molar-refractivity contribution < 1.29 is 4.79 Å². The van der Waals surface area contributed by atoms with Crippen LogP contribution in [0.3, 0.4) is 0 Å². The van der Waals surface area contributed by atoms with E-state index in [0.29, 0.717) is 5.92 Å². The maximum absolute atomic E-state index is 11.3. The highest BCUT2D eigenvalue weighted by Gasteiger charge is 2.21. The highest BCUT2D eigenvalue weighted by Crippen LogP contribution is 2.22. The van der Waals surface area contributed by atoms with Crippen molar-refractivity contribution in [1.29, 1.82) is 0 Å².